The van der Waals surface area contributed by atoms with Crippen molar-refractivity contribution in [1.82, 2.24) is 0 Å². The number of carboxylic acids is 1. The largest absolute Gasteiger partial charge is 0.550 e. The Balaban J connectivity index is 2.67. The maximum atomic E-state index is 11.5. The molecule has 0 radical (unpaired) electrons. The van der Waals surface area contributed by atoms with Gasteiger partial charge in [0, 0.05) is 18.1 Å². The summed E-state index contributed by atoms with van der Waals surface area (Å²) in [7, 11) is 0. The zero-order valence-corrected chi connectivity index (χ0v) is 10.6. The topological polar surface area (TPSA) is 78.5 Å². The number of anilines is 1. The van der Waals surface area contributed by atoms with Crippen LogP contribution >= 0.6 is 0 Å². The number of carbonyl (C=O) groups excluding carboxylic acids is 2. The lowest BCUT2D eigenvalue weighted by atomic mass is 10.1. The van der Waals surface area contributed by atoms with E-state index in [9.17, 15) is 14.7 Å². The van der Waals surface area contributed by atoms with Gasteiger partial charge in [0.1, 0.15) is 5.60 Å². The summed E-state index contributed by atoms with van der Waals surface area (Å²) >= 11 is 0. The van der Waals surface area contributed by atoms with Crippen LogP contribution in [0.5, 0.6) is 0 Å². The SMILES string of the molecule is CC(C)(C)OC(=O)Nc1cccc(CC(=O)[O-])c1. The number of ether oxygens (including phenoxy) is 1. The summed E-state index contributed by atoms with van der Waals surface area (Å²) in [6.45, 7) is 5.29. The van der Waals surface area contributed by atoms with E-state index in [1.165, 1.54) is 0 Å². The molecule has 98 valence electrons. The molecule has 0 aliphatic rings. The van der Waals surface area contributed by atoms with Crippen LogP contribution in [0.25, 0.3) is 0 Å². The van der Waals surface area contributed by atoms with Gasteiger partial charge in [-0.1, -0.05) is 12.1 Å². The average Bonchev–Trinajstić information content (AvgIpc) is 2.13. The van der Waals surface area contributed by atoms with Crippen molar-refractivity contribution in [2.45, 2.75) is 32.8 Å². The summed E-state index contributed by atoms with van der Waals surface area (Å²) in [4.78, 5) is 22.0. The molecule has 0 saturated carbocycles. The number of benzene rings is 1. The Bertz CT molecular complexity index is 449. The number of hydrogen-bond acceptors (Lipinski definition) is 4. The first-order valence-corrected chi connectivity index (χ1v) is 5.55. The maximum Gasteiger partial charge on any atom is 0.412 e. The number of amides is 1. The first-order valence-electron chi connectivity index (χ1n) is 5.55. The maximum absolute atomic E-state index is 11.5. The molecule has 5 nitrogen and oxygen atoms in total. The minimum Gasteiger partial charge on any atom is -0.550 e. The van der Waals surface area contributed by atoms with Crippen molar-refractivity contribution in [3.8, 4) is 0 Å². The Morgan fingerprint density at radius 1 is 1.33 bits per heavy atom. The summed E-state index contributed by atoms with van der Waals surface area (Å²) in [6, 6.07) is 6.53. The first kappa shape index (κ1) is 14.0. The molecule has 1 aromatic rings. The molecular formula is C13H16NO4-. The molecule has 0 spiro atoms. The van der Waals surface area contributed by atoms with Crippen molar-refractivity contribution in [2.24, 2.45) is 0 Å². The van der Waals surface area contributed by atoms with E-state index < -0.39 is 17.7 Å². The van der Waals surface area contributed by atoms with Crippen LogP contribution in [0.1, 0.15) is 26.3 Å². The van der Waals surface area contributed by atoms with E-state index in [0.29, 0.717) is 11.3 Å². The van der Waals surface area contributed by atoms with E-state index in [0.717, 1.165) is 0 Å². The summed E-state index contributed by atoms with van der Waals surface area (Å²) in [5, 5.41) is 13.0. The van der Waals surface area contributed by atoms with Gasteiger partial charge in [-0.25, -0.2) is 4.79 Å². The van der Waals surface area contributed by atoms with Gasteiger partial charge in [0.25, 0.3) is 0 Å². The molecule has 0 atom stereocenters. The molecule has 5 heteroatoms. The van der Waals surface area contributed by atoms with Crippen LogP contribution in [0.15, 0.2) is 24.3 Å². The van der Waals surface area contributed by atoms with E-state index in [-0.39, 0.29) is 6.42 Å². The standard InChI is InChI=1S/C13H17NO4/c1-13(2,3)18-12(17)14-10-6-4-5-9(7-10)8-11(15)16/h4-7H,8H2,1-3H3,(H,14,17)(H,15,16)/p-1. The predicted octanol–water partition coefficient (Wildman–Crippen LogP) is 1.33. The van der Waals surface area contributed by atoms with Crippen LogP contribution in [0.4, 0.5) is 10.5 Å². The van der Waals surface area contributed by atoms with Gasteiger partial charge in [-0.3, -0.25) is 5.32 Å². The van der Waals surface area contributed by atoms with Gasteiger partial charge in [0.05, 0.1) is 0 Å². The molecule has 1 amide bonds. The van der Waals surface area contributed by atoms with Gasteiger partial charge in [-0.05, 0) is 38.5 Å². The van der Waals surface area contributed by atoms with Crippen molar-refractivity contribution in [2.75, 3.05) is 5.32 Å². The normalized spacial score (nSPS) is 10.8. The Kier molecular flexibility index (Phi) is 4.31. The van der Waals surface area contributed by atoms with E-state index in [1.54, 1.807) is 45.0 Å². The molecule has 18 heavy (non-hydrogen) atoms. The molecule has 1 aromatic carbocycles. The summed E-state index contributed by atoms with van der Waals surface area (Å²) in [5.74, 6) is -1.16. The van der Waals surface area contributed by atoms with Crippen LogP contribution in [0.3, 0.4) is 0 Å². The van der Waals surface area contributed by atoms with E-state index >= 15 is 0 Å². The molecule has 0 saturated heterocycles. The zero-order chi connectivity index (χ0) is 13.8. The molecule has 0 aliphatic carbocycles. The molecule has 1 N–H and O–H groups in total. The van der Waals surface area contributed by atoms with E-state index in [1.807, 2.05) is 0 Å². The van der Waals surface area contributed by atoms with Gasteiger partial charge < -0.3 is 14.6 Å². The highest BCUT2D eigenvalue weighted by molar-refractivity contribution is 5.85. The molecule has 0 aliphatic heterocycles. The highest BCUT2D eigenvalue weighted by atomic mass is 16.6. The van der Waals surface area contributed by atoms with Gasteiger partial charge in [0.15, 0.2) is 0 Å². The lowest BCUT2D eigenvalue weighted by Gasteiger charge is -2.19. The van der Waals surface area contributed by atoms with Crippen LogP contribution in [-0.2, 0) is 16.0 Å². The third-order valence-electron chi connectivity index (χ3n) is 1.92. The van der Waals surface area contributed by atoms with Gasteiger partial charge in [-0.15, -0.1) is 0 Å². The second-order valence-electron chi connectivity index (χ2n) is 4.88. The van der Waals surface area contributed by atoms with E-state index in [2.05, 4.69) is 5.32 Å². The number of aliphatic carboxylic acids is 1. The molecule has 0 aromatic heterocycles. The first-order chi connectivity index (χ1) is 8.26. The minimum atomic E-state index is -1.16. The van der Waals surface area contributed by atoms with Crippen LogP contribution in [0, 0.1) is 0 Å². The Morgan fingerprint density at radius 2 is 2.00 bits per heavy atom. The number of carbonyl (C=O) groups is 2. The van der Waals surface area contributed by atoms with Crippen molar-refractivity contribution in [3.63, 3.8) is 0 Å². The Morgan fingerprint density at radius 3 is 2.56 bits per heavy atom. The molecule has 0 bridgehead atoms. The van der Waals surface area contributed by atoms with Crippen molar-refractivity contribution >= 4 is 17.7 Å². The predicted molar refractivity (Wildman–Crippen MR) is 65.0 cm³/mol. The summed E-state index contributed by atoms with van der Waals surface area (Å²) in [6.07, 6.45) is -0.766. The molecular weight excluding hydrogens is 234 g/mol. The van der Waals surface area contributed by atoms with Gasteiger partial charge >= 0.3 is 6.09 Å². The highest BCUT2D eigenvalue weighted by Gasteiger charge is 2.16. The molecule has 0 unspecified atom stereocenters. The van der Waals surface area contributed by atoms with Gasteiger partial charge in [-0.2, -0.15) is 0 Å². The minimum absolute atomic E-state index is 0.191. The number of hydrogen-bond donors (Lipinski definition) is 1. The summed E-state index contributed by atoms with van der Waals surface area (Å²) < 4.78 is 5.08. The zero-order valence-electron chi connectivity index (χ0n) is 10.6. The molecule has 0 fully saturated rings. The third kappa shape index (κ3) is 5.34. The smallest absolute Gasteiger partial charge is 0.412 e. The fourth-order valence-electron chi connectivity index (χ4n) is 1.35. The lowest BCUT2D eigenvalue weighted by molar-refractivity contribution is -0.304. The quantitative estimate of drug-likeness (QED) is 0.877. The Hall–Kier alpha value is -2.04. The van der Waals surface area contributed by atoms with Gasteiger partial charge in [0.2, 0.25) is 0 Å². The number of carboxylic acid groups (broad SMARTS) is 1. The van der Waals surface area contributed by atoms with Crippen molar-refractivity contribution < 1.29 is 19.4 Å². The van der Waals surface area contributed by atoms with Crippen molar-refractivity contribution in [1.29, 1.82) is 0 Å². The fraction of sp³-hybridized carbons (Fsp3) is 0.385. The lowest BCUT2D eigenvalue weighted by Crippen LogP contribution is -2.27. The second-order valence-corrected chi connectivity index (χ2v) is 4.88. The van der Waals surface area contributed by atoms with E-state index in [4.69, 9.17) is 4.74 Å². The summed E-state index contributed by atoms with van der Waals surface area (Å²) in [5.41, 5.74) is 0.471. The molecule has 1 rings (SSSR count). The monoisotopic (exact) mass is 250 g/mol. The molecule has 0 heterocycles. The Labute approximate surface area is 106 Å². The van der Waals surface area contributed by atoms with Crippen LogP contribution in [0.2, 0.25) is 0 Å². The van der Waals surface area contributed by atoms with Crippen LogP contribution in [-0.4, -0.2) is 17.7 Å². The average molecular weight is 250 g/mol. The highest BCUT2D eigenvalue weighted by Crippen LogP contribution is 2.13. The van der Waals surface area contributed by atoms with Crippen molar-refractivity contribution in [3.05, 3.63) is 29.8 Å². The van der Waals surface area contributed by atoms with Crippen LogP contribution < -0.4 is 10.4 Å². The number of rotatable bonds is 3. The fourth-order valence-corrected chi connectivity index (χ4v) is 1.35. The third-order valence-corrected chi connectivity index (χ3v) is 1.92. The number of nitrogens with one attached hydrogen (secondary N) is 1. The second kappa shape index (κ2) is 5.53.